The largest absolute Gasteiger partial charge is 0.487 e. The zero-order chi connectivity index (χ0) is 37.8. The van der Waals surface area contributed by atoms with Gasteiger partial charge in [-0.1, -0.05) is 24.2 Å². The molecular formula is C39H37N6O7S+. The fraction of sp³-hybridized carbons (Fsp3) is 0.256. The van der Waals surface area contributed by atoms with Gasteiger partial charge >= 0.3 is 11.7 Å². The molecular weight excluding hydrogens is 697 g/mol. The number of carboxylic acids is 1. The summed E-state index contributed by atoms with van der Waals surface area (Å²) in [4.78, 5) is 43.2. The highest BCUT2D eigenvalue weighted by molar-refractivity contribution is 7.19. The van der Waals surface area contributed by atoms with E-state index in [-0.39, 0.29) is 34.5 Å². The van der Waals surface area contributed by atoms with Crippen LogP contribution in [0.5, 0.6) is 5.75 Å². The van der Waals surface area contributed by atoms with Crippen molar-refractivity contribution in [3.63, 3.8) is 0 Å². The van der Waals surface area contributed by atoms with Crippen LogP contribution in [-0.4, -0.2) is 68.2 Å². The third kappa shape index (κ3) is 7.65. The molecule has 1 amide bonds. The second-order valence-corrected chi connectivity index (χ2v) is 13.9. The fourth-order valence-corrected chi connectivity index (χ4v) is 7.03. The maximum atomic E-state index is 13.4. The summed E-state index contributed by atoms with van der Waals surface area (Å²) in [7, 11) is 7.73. The first kappa shape index (κ1) is 36.5. The molecule has 2 heterocycles. The van der Waals surface area contributed by atoms with Crippen LogP contribution in [-0.2, 0) is 0 Å². The van der Waals surface area contributed by atoms with Crippen molar-refractivity contribution < 1.29 is 28.8 Å². The molecule has 3 aromatic carbocycles. The molecule has 0 atom stereocenters. The Morgan fingerprint density at radius 1 is 1.02 bits per heavy atom. The first-order valence-electron chi connectivity index (χ1n) is 16.9. The number of hydrogen-bond donors (Lipinski definition) is 2. The maximum Gasteiger partial charge on any atom is 0.336 e. The smallest absolute Gasteiger partial charge is 0.336 e. The van der Waals surface area contributed by atoms with Gasteiger partial charge in [-0.05, 0) is 66.9 Å². The van der Waals surface area contributed by atoms with E-state index in [9.17, 15) is 24.8 Å². The molecule has 1 aliphatic heterocycles. The monoisotopic (exact) mass is 733 g/mol. The summed E-state index contributed by atoms with van der Waals surface area (Å²) in [5.74, 6) is -0.714. The van der Waals surface area contributed by atoms with Crippen LogP contribution in [0.25, 0.3) is 43.6 Å². The van der Waals surface area contributed by atoms with Gasteiger partial charge in [0.2, 0.25) is 5.36 Å². The van der Waals surface area contributed by atoms with Gasteiger partial charge in [0.05, 0.1) is 28.7 Å². The molecule has 0 spiro atoms. The number of carbonyl (C=O) groups is 2. The van der Waals surface area contributed by atoms with Crippen LogP contribution in [0.2, 0.25) is 0 Å². The minimum Gasteiger partial charge on any atom is -0.487 e. The number of nitrogens with one attached hydrogen (secondary N) is 1. The lowest BCUT2D eigenvalue weighted by atomic mass is 9.89. The Morgan fingerprint density at radius 2 is 1.81 bits per heavy atom. The topological polar surface area (TPSA) is 175 Å². The Bertz CT molecular complexity index is 2480. The predicted octanol–water partition coefficient (Wildman–Crippen LogP) is 6.76. The van der Waals surface area contributed by atoms with E-state index < -0.39 is 10.9 Å². The highest BCUT2D eigenvalue weighted by Gasteiger charge is 2.25. The van der Waals surface area contributed by atoms with Gasteiger partial charge in [-0.15, -0.1) is 0 Å². The number of nitriles is 1. The molecule has 13 nitrogen and oxygen atoms in total. The lowest BCUT2D eigenvalue weighted by Crippen LogP contribution is -2.24. The van der Waals surface area contributed by atoms with E-state index in [1.807, 2.05) is 80.1 Å². The van der Waals surface area contributed by atoms with Crippen molar-refractivity contribution in [2.45, 2.75) is 25.7 Å². The molecule has 1 aromatic heterocycles. The first-order chi connectivity index (χ1) is 25.5. The van der Waals surface area contributed by atoms with Crippen molar-refractivity contribution in [2.24, 2.45) is 0 Å². The second kappa shape index (κ2) is 15.5. The summed E-state index contributed by atoms with van der Waals surface area (Å²) in [5.41, 5.74) is 3.88. The van der Waals surface area contributed by atoms with Gasteiger partial charge in [-0.3, -0.25) is 14.9 Å². The molecule has 0 saturated carbocycles. The highest BCUT2D eigenvalue weighted by Crippen LogP contribution is 2.42. The molecule has 270 valence electrons. The van der Waals surface area contributed by atoms with Gasteiger partial charge < -0.3 is 24.5 Å². The number of carbonyl (C=O) groups excluding carboxylic acids is 1. The predicted molar refractivity (Wildman–Crippen MR) is 204 cm³/mol. The quantitative estimate of drug-likeness (QED) is 0.0424. The lowest BCUT2D eigenvalue weighted by Gasteiger charge is -2.19. The number of benzene rings is 4. The molecule has 14 heteroatoms. The van der Waals surface area contributed by atoms with Crippen molar-refractivity contribution >= 4 is 55.8 Å². The van der Waals surface area contributed by atoms with Crippen LogP contribution in [0.1, 0.15) is 51.4 Å². The third-order valence-electron chi connectivity index (χ3n) is 8.89. The number of hydrogen-bond acceptors (Lipinski definition) is 10. The molecule has 53 heavy (non-hydrogen) atoms. The van der Waals surface area contributed by atoms with E-state index in [4.69, 9.17) is 14.4 Å². The zero-order valence-electron chi connectivity index (χ0n) is 29.6. The zero-order valence-corrected chi connectivity index (χ0v) is 30.5. The normalized spacial score (nSPS) is 11.1. The van der Waals surface area contributed by atoms with Crippen molar-refractivity contribution in [1.29, 1.82) is 5.26 Å². The molecule has 0 saturated heterocycles. The van der Waals surface area contributed by atoms with Crippen LogP contribution >= 0.6 is 11.3 Å². The van der Waals surface area contributed by atoms with Gasteiger partial charge in [0, 0.05) is 60.5 Å². The fourth-order valence-electron chi connectivity index (χ4n) is 6.16. The van der Waals surface area contributed by atoms with Crippen LogP contribution in [0.4, 0.5) is 11.4 Å². The molecule has 2 N–H and O–H groups in total. The van der Waals surface area contributed by atoms with E-state index in [2.05, 4.69) is 10.3 Å². The van der Waals surface area contributed by atoms with Gasteiger partial charge in [-0.25, -0.2) is 14.4 Å². The Morgan fingerprint density at radius 3 is 2.53 bits per heavy atom. The molecule has 0 bridgehead atoms. The standard InChI is InChI=1S/C39H36N6O7S/c1-43(2)24-10-13-27-32(20-24)52-33-21-25(44(3)4)11-14-28(33)35(27)29-19-23(9-12-26(29)39(47)48)38(46)41-17-7-5-6-8-18-51-31-16-15-30-37(36(31)45(49)50)53-34(22-40)42-30/h9-16,19-21H,5-8,17-18H2,1-4H3,(H-,41,46,47,48)/p+1. The van der Waals surface area contributed by atoms with Crippen LogP contribution < -0.4 is 24.9 Å². The third-order valence-corrected chi connectivity index (χ3v) is 9.87. The Balaban J connectivity index is 1.15. The van der Waals surface area contributed by atoms with E-state index in [0.29, 0.717) is 57.6 Å². The number of aromatic carboxylic acids is 1. The van der Waals surface area contributed by atoms with Crippen LogP contribution in [0.3, 0.4) is 0 Å². The Kier molecular flexibility index (Phi) is 10.7. The van der Waals surface area contributed by atoms with Gasteiger partial charge in [0.1, 0.15) is 36.2 Å². The number of anilines is 1. The molecule has 2 aliphatic rings. The number of nitro groups is 1. The summed E-state index contributed by atoms with van der Waals surface area (Å²) in [5, 5.41) is 35.9. The molecule has 0 fully saturated rings. The minimum atomic E-state index is -1.11. The minimum absolute atomic E-state index is 0.0650. The summed E-state index contributed by atoms with van der Waals surface area (Å²) in [6, 6.07) is 21.2. The summed E-state index contributed by atoms with van der Waals surface area (Å²) >= 11 is 0.963. The number of nitro benzene ring substituents is 1. The summed E-state index contributed by atoms with van der Waals surface area (Å²) in [6.45, 7) is 0.672. The number of nitrogens with zero attached hydrogens (tertiary/aromatic N) is 5. The summed E-state index contributed by atoms with van der Waals surface area (Å²) in [6.07, 6.45) is 2.89. The van der Waals surface area contributed by atoms with E-state index >= 15 is 0 Å². The molecule has 0 unspecified atom stereocenters. The molecule has 0 radical (unpaired) electrons. The lowest BCUT2D eigenvalue weighted by molar-refractivity contribution is -0.383. The van der Waals surface area contributed by atoms with Gasteiger partial charge in [-0.2, -0.15) is 5.26 Å². The molecule has 6 rings (SSSR count). The molecule has 1 aliphatic carbocycles. The highest BCUT2D eigenvalue weighted by atomic mass is 32.1. The van der Waals surface area contributed by atoms with Crippen molar-refractivity contribution in [1.82, 2.24) is 14.9 Å². The maximum absolute atomic E-state index is 13.4. The average Bonchev–Trinajstić information content (AvgIpc) is 3.57. The van der Waals surface area contributed by atoms with Crippen molar-refractivity contribution in [3.8, 4) is 34.3 Å². The number of ether oxygens (including phenoxy) is 1. The SMILES string of the molecule is CN(C)c1ccc2c(-c3cc(C(=O)NCCCCCCOc4ccc5nc(C#N)sc5c4[N+](=O)[O-])ccc3C(=O)O)c3ccc(=[N+](C)C)cc-3oc2c1. The number of thiazole rings is 1. The van der Waals surface area contributed by atoms with Crippen molar-refractivity contribution in [2.75, 3.05) is 46.2 Å². The second-order valence-electron chi connectivity index (χ2n) is 12.9. The molecule has 4 aromatic rings. The van der Waals surface area contributed by atoms with E-state index in [0.717, 1.165) is 46.2 Å². The number of fused-ring (bicyclic) bond motifs is 3. The van der Waals surface area contributed by atoms with Gasteiger partial charge in [0.15, 0.2) is 10.8 Å². The summed E-state index contributed by atoms with van der Waals surface area (Å²) < 4.78 is 14.4. The number of unbranched alkanes of at least 4 members (excludes halogenated alkanes) is 3. The first-order valence-corrected chi connectivity index (χ1v) is 17.7. The van der Waals surface area contributed by atoms with E-state index in [1.165, 1.54) is 18.2 Å². The van der Waals surface area contributed by atoms with Crippen LogP contribution in [0.15, 0.2) is 71.1 Å². The number of amides is 1. The van der Waals surface area contributed by atoms with Crippen molar-refractivity contribution in [3.05, 3.63) is 98.3 Å². The van der Waals surface area contributed by atoms with E-state index in [1.54, 1.807) is 12.1 Å². The Labute approximate surface area is 308 Å². The van der Waals surface area contributed by atoms with Crippen LogP contribution in [0, 0.1) is 21.4 Å². The Hall–Kier alpha value is -6.33. The number of aromatic nitrogens is 1. The number of rotatable bonds is 13. The number of carboxylic acid groups (broad SMARTS) is 1. The van der Waals surface area contributed by atoms with Gasteiger partial charge in [0.25, 0.3) is 5.91 Å². The average molecular weight is 734 g/mol.